The monoisotopic (exact) mass is 263 g/mol. The molecule has 0 spiro atoms. The highest BCUT2D eigenvalue weighted by molar-refractivity contribution is 5.84. The first-order valence-electron chi connectivity index (χ1n) is 6.67. The van der Waals surface area contributed by atoms with Gasteiger partial charge in [0.25, 0.3) is 0 Å². The topological polar surface area (TPSA) is 66.3 Å². The molecule has 1 fully saturated rings. The number of rotatable bonds is 3. The number of hydrogen-bond donors (Lipinski definition) is 1. The highest BCUT2D eigenvalue weighted by Crippen LogP contribution is 2.37. The van der Waals surface area contributed by atoms with Gasteiger partial charge >= 0.3 is 5.97 Å². The van der Waals surface area contributed by atoms with Crippen LogP contribution in [-0.2, 0) is 0 Å². The zero-order chi connectivity index (χ0) is 14.0. The van der Waals surface area contributed by atoms with Crippen LogP contribution >= 0.6 is 0 Å². The Balaban J connectivity index is 2.03. The second kappa shape index (κ2) is 5.15. The Morgan fingerprint density at radius 1 is 1.32 bits per heavy atom. The lowest BCUT2D eigenvalue weighted by molar-refractivity contribution is 0.0690. The number of carbonyl (C=O) groups is 1. The fraction of sp³-hybridized carbons (Fsp3) is 0.643. The van der Waals surface area contributed by atoms with E-state index in [2.05, 4.69) is 28.7 Å². The molecule has 5 heteroatoms. The Labute approximate surface area is 113 Å². The van der Waals surface area contributed by atoms with Crippen LogP contribution in [0.3, 0.4) is 0 Å². The van der Waals surface area contributed by atoms with Gasteiger partial charge in [-0.3, -0.25) is 0 Å². The van der Waals surface area contributed by atoms with Gasteiger partial charge in [0.05, 0.1) is 12.4 Å². The summed E-state index contributed by atoms with van der Waals surface area (Å²) in [5.74, 6) is -0.296. The molecule has 0 amide bonds. The van der Waals surface area contributed by atoms with E-state index in [4.69, 9.17) is 5.11 Å². The Morgan fingerprint density at radius 3 is 2.42 bits per heavy atom. The average molecular weight is 263 g/mol. The molecule has 104 valence electrons. The smallest absolute Gasteiger partial charge is 0.356 e. The van der Waals surface area contributed by atoms with Gasteiger partial charge in [-0.05, 0) is 31.1 Å². The van der Waals surface area contributed by atoms with Gasteiger partial charge in [-0.15, -0.1) is 0 Å². The van der Waals surface area contributed by atoms with Gasteiger partial charge in [-0.2, -0.15) is 0 Å². The van der Waals surface area contributed by atoms with Crippen molar-refractivity contribution in [2.24, 2.45) is 5.41 Å². The number of aromatic nitrogens is 2. The first kappa shape index (κ1) is 13.8. The fourth-order valence-electron chi connectivity index (χ4n) is 2.57. The summed E-state index contributed by atoms with van der Waals surface area (Å²) < 4.78 is 0. The second-order valence-electron chi connectivity index (χ2n) is 6.07. The lowest BCUT2D eigenvalue weighted by atomic mass is 9.75. The highest BCUT2D eigenvalue weighted by Gasteiger charge is 2.29. The Kier molecular flexibility index (Phi) is 3.73. The SMILES string of the molecule is CN(c1cnc(C(=O)O)cn1)C1CCC(C)(C)CC1. The number of carboxylic acid groups (broad SMARTS) is 1. The van der Waals surface area contributed by atoms with Crippen LogP contribution in [0.5, 0.6) is 0 Å². The van der Waals surface area contributed by atoms with Gasteiger partial charge in [-0.25, -0.2) is 14.8 Å². The van der Waals surface area contributed by atoms with E-state index in [1.807, 2.05) is 7.05 Å². The van der Waals surface area contributed by atoms with Crippen molar-refractivity contribution in [2.45, 2.75) is 45.6 Å². The van der Waals surface area contributed by atoms with Gasteiger partial charge < -0.3 is 10.0 Å². The molecule has 1 aliphatic rings. The predicted molar refractivity (Wildman–Crippen MR) is 73.4 cm³/mol. The summed E-state index contributed by atoms with van der Waals surface area (Å²) in [7, 11) is 2.01. The van der Waals surface area contributed by atoms with Crippen molar-refractivity contribution in [3.05, 3.63) is 18.1 Å². The molecule has 19 heavy (non-hydrogen) atoms. The van der Waals surface area contributed by atoms with Crippen molar-refractivity contribution in [2.75, 3.05) is 11.9 Å². The summed E-state index contributed by atoms with van der Waals surface area (Å²) >= 11 is 0. The lowest BCUT2D eigenvalue weighted by Crippen LogP contribution is -2.37. The first-order chi connectivity index (χ1) is 8.89. The van der Waals surface area contributed by atoms with Crippen LogP contribution in [0.2, 0.25) is 0 Å². The summed E-state index contributed by atoms with van der Waals surface area (Å²) in [6.07, 6.45) is 7.58. The molecule has 0 bridgehead atoms. The maximum atomic E-state index is 10.7. The summed E-state index contributed by atoms with van der Waals surface area (Å²) in [5, 5.41) is 8.80. The van der Waals surface area contributed by atoms with Crippen molar-refractivity contribution < 1.29 is 9.90 Å². The molecule has 1 aromatic heterocycles. The Morgan fingerprint density at radius 2 is 1.95 bits per heavy atom. The molecule has 0 radical (unpaired) electrons. The third-order valence-corrected chi connectivity index (χ3v) is 4.08. The number of anilines is 1. The molecule has 0 aromatic carbocycles. The summed E-state index contributed by atoms with van der Waals surface area (Å²) in [4.78, 5) is 21.0. The quantitative estimate of drug-likeness (QED) is 0.908. The average Bonchev–Trinajstić information content (AvgIpc) is 2.38. The van der Waals surface area contributed by atoms with Crippen LogP contribution < -0.4 is 4.90 Å². The number of aromatic carboxylic acids is 1. The summed E-state index contributed by atoms with van der Waals surface area (Å²) in [5.41, 5.74) is 0.429. The van der Waals surface area contributed by atoms with E-state index < -0.39 is 5.97 Å². The normalized spacial score (nSPS) is 19.1. The van der Waals surface area contributed by atoms with Crippen LogP contribution in [0.1, 0.15) is 50.0 Å². The van der Waals surface area contributed by atoms with Gasteiger partial charge in [0.15, 0.2) is 5.69 Å². The molecule has 1 heterocycles. The third kappa shape index (κ3) is 3.22. The third-order valence-electron chi connectivity index (χ3n) is 4.08. The minimum Gasteiger partial charge on any atom is -0.476 e. The first-order valence-corrected chi connectivity index (χ1v) is 6.67. The molecule has 2 rings (SSSR count). The molecule has 0 unspecified atom stereocenters. The molecule has 1 N–H and O–H groups in total. The van der Waals surface area contributed by atoms with E-state index in [1.165, 1.54) is 19.0 Å². The molecular formula is C14H21N3O2. The van der Waals surface area contributed by atoms with Crippen molar-refractivity contribution >= 4 is 11.8 Å². The van der Waals surface area contributed by atoms with Crippen LogP contribution in [0.15, 0.2) is 12.4 Å². The molecule has 1 aromatic rings. The van der Waals surface area contributed by atoms with Gasteiger partial charge in [-0.1, -0.05) is 13.8 Å². The molecule has 1 saturated carbocycles. The molecule has 0 aliphatic heterocycles. The fourth-order valence-corrected chi connectivity index (χ4v) is 2.57. The van der Waals surface area contributed by atoms with E-state index >= 15 is 0 Å². The van der Waals surface area contributed by atoms with E-state index in [9.17, 15) is 4.79 Å². The second-order valence-corrected chi connectivity index (χ2v) is 6.07. The van der Waals surface area contributed by atoms with Crippen LogP contribution in [0, 0.1) is 5.41 Å². The highest BCUT2D eigenvalue weighted by atomic mass is 16.4. The molecule has 5 nitrogen and oxygen atoms in total. The molecule has 1 aliphatic carbocycles. The van der Waals surface area contributed by atoms with Gasteiger partial charge in [0.2, 0.25) is 0 Å². The molecular weight excluding hydrogens is 242 g/mol. The van der Waals surface area contributed by atoms with Crippen molar-refractivity contribution in [3.63, 3.8) is 0 Å². The lowest BCUT2D eigenvalue weighted by Gasteiger charge is -2.38. The van der Waals surface area contributed by atoms with Crippen LogP contribution in [-0.4, -0.2) is 34.1 Å². The Bertz CT molecular complexity index is 446. The Hall–Kier alpha value is -1.65. The maximum Gasteiger partial charge on any atom is 0.356 e. The minimum atomic E-state index is -1.04. The van der Waals surface area contributed by atoms with E-state index in [0.29, 0.717) is 11.5 Å². The maximum absolute atomic E-state index is 10.7. The summed E-state index contributed by atoms with van der Waals surface area (Å²) in [6.45, 7) is 4.62. The largest absolute Gasteiger partial charge is 0.476 e. The zero-order valence-electron chi connectivity index (χ0n) is 11.8. The predicted octanol–water partition coefficient (Wildman–Crippen LogP) is 2.58. The van der Waals surface area contributed by atoms with Crippen LogP contribution in [0.25, 0.3) is 0 Å². The number of hydrogen-bond acceptors (Lipinski definition) is 4. The van der Waals surface area contributed by atoms with Crippen molar-refractivity contribution in [1.82, 2.24) is 9.97 Å². The zero-order valence-corrected chi connectivity index (χ0v) is 11.8. The van der Waals surface area contributed by atoms with Gasteiger partial charge in [0.1, 0.15) is 5.82 Å². The van der Waals surface area contributed by atoms with Crippen LogP contribution in [0.4, 0.5) is 5.82 Å². The number of carboxylic acids is 1. The van der Waals surface area contributed by atoms with E-state index in [0.717, 1.165) is 18.7 Å². The molecule has 0 atom stereocenters. The number of nitrogens with zero attached hydrogens (tertiary/aromatic N) is 3. The van der Waals surface area contributed by atoms with E-state index in [-0.39, 0.29) is 5.69 Å². The minimum absolute atomic E-state index is 0.0121. The van der Waals surface area contributed by atoms with Crippen molar-refractivity contribution in [1.29, 1.82) is 0 Å². The summed E-state index contributed by atoms with van der Waals surface area (Å²) in [6, 6.07) is 0.470. The standard InChI is InChI=1S/C14H21N3O2/c1-14(2)6-4-10(5-7-14)17(3)12-9-15-11(8-16-12)13(18)19/h8-10H,4-7H2,1-3H3,(H,18,19). The van der Waals surface area contributed by atoms with Crippen molar-refractivity contribution in [3.8, 4) is 0 Å². The van der Waals surface area contributed by atoms with E-state index in [1.54, 1.807) is 6.20 Å². The van der Waals surface area contributed by atoms with Gasteiger partial charge in [0, 0.05) is 13.1 Å². The molecule has 0 saturated heterocycles.